The smallest absolute Gasteiger partial charge is 0.420 e. The van der Waals surface area contributed by atoms with Gasteiger partial charge >= 0.3 is 11.7 Å². The van der Waals surface area contributed by atoms with Crippen LogP contribution >= 0.6 is 0 Å². The lowest BCUT2D eigenvalue weighted by Gasteiger charge is -2.10. The van der Waals surface area contributed by atoms with Crippen molar-refractivity contribution in [3.05, 3.63) is 63.1 Å². The third-order valence-electron chi connectivity index (χ3n) is 3.52. The molecule has 0 aliphatic carbocycles. The van der Waals surface area contributed by atoms with Crippen molar-refractivity contribution in [1.29, 1.82) is 0 Å². The molecule has 0 N–H and O–H groups in total. The Morgan fingerprint density at radius 3 is 2.65 bits per heavy atom. The SMILES string of the molecule is CCOc1ccccc1OC(=O)Cn1c(=O)oc2cc([N+](=O)[O-])ccc21. The van der Waals surface area contributed by atoms with Crippen LogP contribution in [0.3, 0.4) is 0 Å². The molecule has 0 aliphatic rings. The summed E-state index contributed by atoms with van der Waals surface area (Å²) < 4.78 is 16.7. The van der Waals surface area contributed by atoms with E-state index in [1.165, 1.54) is 12.1 Å². The summed E-state index contributed by atoms with van der Waals surface area (Å²) in [7, 11) is 0. The third kappa shape index (κ3) is 3.41. The molecule has 0 bridgehead atoms. The quantitative estimate of drug-likeness (QED) is 0.288. The van der Waals surface area contributed by atoms with Crippen molar-refractivity contribution in [3.63, 3.8) is 0 Å². The second kappa shape index (κ2) is 7.09. The van der Waals surface area contributed by atoms with Crippen molar-refractivity contribution in [2.24, 2.45) is 0 Å². The van der Waals surface area contributed by atoms with Gasteiger partial charge in [-0.3, -0.25) is 14.7 Å². The maximum absolute atomic E-state index is 12.2. The molecule has 134 valence electrons. The second-order valence-electron chi connectivity index (χ2n) is 5.22. The number of hydrogen-bond acceptors (Lipinski definition) is 7. The number of esters is 1. The number of hydrogen-bond donors (Lipinski definition) is 0. The van der Waals surface area contributed by atoms with Crippen LogP contribution in [0.4, 0.5) is 5.69 Å². The van der Waals surface area contributed by atoms with E-state index in [1.54, 1.807) is 31.2 Å². The van der Waals surface area contributed by atoms with Gasteiger partial charge in [-0.05, 0) is 25.1 Å². The first-order valence-electron chi connectivity index (χ1n) is 7.70. The average molecular weight is 358 g/mol. The van der Waals surface area contributed by atoms with Crippen molar-refractivity contribution in [3.8, 4) is 11.5 Å². The van der Waals surface area contributed by atoms with Gasteiger partial charge < -0.3 is 13.9 Å². The lowest BCUT2D eigenvalue weighted by atomic mass is 10.3. The summed E-state index contributed by atoms with van der Waals surface area (Å²) in [4.78, 5) is 34.4. The van der Waals surface area contributed by atoms with E-state index in [9.17, 15) is 19.7 Å². The van der Waals surface area contributed by atoms with Crippen LogP contribution < -0.4 is 15.2 Å². The van der Waals surface area contributed by atoms with Crippen molar-refractivity contribution >= 4 is 22.8 Å². The summed E-state index contributed by atoms with van der Waals surface area (Å²) in [6, 6.07) is 10.4. The third-order valence-corrected chi connectivity index (χ3v) is 3.52. The van der Waals surface area contributed by atoms with Gasteiger partial charge in [-0.2, -0.15) is 0 Å². The predicted molar refractivity (Wildman–Crippen MR) is 90.4 cm³/mol. The number of aromatic nitrogens is 1. The number of benzene rings is 2. The number of nitro benzene ring substituents is 1. The van der Waals surface area contributed by atoms with Gasteiger partial charge in [0.1, 0.15) is 6.54 Å². The molecule has 0 saturated heterocycles. The van der Waals surface area contributed by atoms with Crippen LogP contribution in [0.25, 0.3) is 11.1 Å². The van der Waals surface area contributed by atoms with Crippen molar-refractivity contribution in [1.82, 2.24) is 4.57 Å². The Balaban J connectivity index is 1.85. The highest BCUT2D eigenvalue weighted by atomic mass is 16.6. The number of rotatable bonds is 6. The first kappa shape index (κ1) is 17.2. The minimum absolute atomic E-state index is 0.0201. The number of carbonyl (C=O) groups excluding carboxylic acids is 1. The number of ether oxygens (including phenoxy) is 2. The number of non-ortho nitro benzene ring substituents is 1. The van der Waals surface area contributed by atoms with Gasteiger partial charge in [0.05, 0.1) is 23.1 Å². The fourth-order valence-corrected chi connectivity index (χ4v) is 2.41. The highest BCUT2D eigenvalue weighted by molar-refractivity contribution is 5.79. The van der Waals surface area contributed by atoms with Crippen LogP contribution in [0, 0.1) is 10.1 Å². The molecule has 26 heavy (non-hydrogen) atoms. The molecular formula is C17H14N2O7. The number of para-hydroxylation sites is 2. The van der Waals surface area contributed by atoms with Crippen LogP contribution in [-0.2, 0) is 11.3 Å². The number of fused-ring (bicyclic) bond motifs is 1. The summed E-state index contributed by atoms with van der Waals surface area (Å²) in [6.45, 7) is 1.79. The maximum Gasteiger partial charge on any atom is 0.420 e. The zero-order chi connectivity index (χ0) is 18.7. The summed E-state index contributed by atoms with van der Waals surface area (Å²) in [5.74, 6) is -0.880. The van der Waals surface area contributed by atoms with Crippen LogP contribution in [0.15, 0.2) is 51.7 Å². The number of carbonyl (C=O) groups is 1. The molecule has 1 heterocycles. The molecule has 0 radical (unpaired) electrons. The first-order chi connectivity index (χ1) is 12.5. The molecule has 9 nitrogen and oxygen atoms in total. The van der Waals surface area contributed by atoms with Gasteiger partial charge in [-0.15, -0.1) is 0 Å². The second-order valence-corrected chi connectivity index (χ2v) is 5.22. The molecular weight excluding hydrogens is 344 g/mol. The predicted octanol–water partition coefficient (Wildman–Crippen LogP) is 2.51. The Kier molecular flexibility index (Phi) is 4.70. The van der Waals surface area contributed by atoms with Crippen LogP contribution in [-0.4, -0.2) is 22.1 Å². The van der Waals surface area contributed by atoms with Crippen molar-refractivity contribution in [2.45, 2.75) is 13.5 Å². The van der Waals surface area contributed by atoms with Crippen LogP contribution in [0.5, 0.6) is 11.5 Å². The topological polar surface area (TPSA) is 114 Å². The van der Waals surface area contributed by atoms with Gasteiger partial charge in [0.15, 0.2) is 17.1 Å². The largest absolute Gasteiger partial charge is 0.490 e. The van der Waals surface area contributed by atoms with E-state index < -0.39 is 23.2 Å². The molecule has 0 amide bonds. The number of nitrogens with zero attached hydrogens (tertiary/aromatic N) is 2. The van der Waals surface area contributed by atoms with Gasteiger partial charge in [0.25, 0.3) is 5.69 Å². The van der Waals surface area contributed by atoms with E-state index in [-0.39, 0.29) is 22.5 Å². The molecule has 0 fully saturated rings. The van der Waals surface area contributed by atoms with Gasteiger partial charge in [0, 0.05) is 6.07 Å². The Bertz CT molecular complexity index is 1040. The van der Waals surface area contributed by atoms with E-state index in [2.05, 4.69) is 0 Å². The molecule has 9 heteroatoms. The Labute approximate surface area is 146 Å². The molecule has 0 atom stereocenters. The highest BCUT2D eigenvalue weighted by Gasteiger charge is 2.18. The summed E-state index contributed by atoms with van der Waals surface area (Å²) in [5.41, 5.74) is 0.0639. The molecule has 3 rings (SSSR count). The average Bonchev–Trinajstić information content (AvgIpc) is 2.91. The normalized spacial score (nSPS) is 10.7. The zero-order valence-electron chi connectivity index (χ0n) is 13.7. The Morgan fingerprint density at radius 1 is 1.23 bits per heavy atom. The van der Waals surface area contributed by atoms with E-state index in [4.69, 9.17) is 13.9 Å². The van der Waals surface area contributed by atoms with E-state index in [0.29, 0.717) is 12.4 Å². The molecule has 0 spiro atoms. The highest BCUT2D eigenvalue weighted by Crippen LogP contribution is 2.26. The van der Waals surface area contributed by atoms with Crippen LogP contribution in [0.1, 0.15) is 6.92 Å². The van der Waals surface area contributed by atoms with Crippen molar-refractivity contribution < 1.29 is 23.6 Å². The molecule has 1 aromatic heterocycles. The summed E-state index contributed by atoms with van der Waals surface area (Å²) >= 11 is 0. The zero-order valence-corrected chi connectivity index (χ0v) is 13.7. The standard InChI is InChI=1S/C17H14N2O7/c1-2-24-13-5-3-4-6-14(13)25-16(20)10-18-12-8-7-11(19(22)23)9-15(12)26-17(18)21/h3-9H,2,10H2,1H3. The van der Waals surface area contributed by atoms with E-state index >= 15 is 0 Å². The number of nitro groups is 1. The summed E-state index contributed by atoms with van der Waals surface area (Å²) in [6.07, 6.45) is 0. The minimum Gasteiger partial charge on any atom is -0.490 e. The van der Waals surface area contributed by atoms with Crippen molar-refractivity contribution in [2.75, 3.05) is 6.61 Å². The minimum atomic E-state index is -0.810. The van der Waals surface area contributed by atoms with E-state index in [1.807, 2.05) is 0 Å². The fourth-order valence-electron chi connectivity index (χ4n) is 2.41. The van der Waals surface area contributed by atoms with Gasteiger partial charge in [-0.25, -0.2) is 9.59 Å². The molecule has 3 aromatic rings. The maximum atomic E-state index is 12.2. The van der Waals surface area contributed by atoms with Gasteiger partial charge in [-0.1, -0.05) is 12.1 Å². The summed E-state index contributed by atoms with van der Waals surface area (Å²) in [5, 5.41) is 10.8. The number of oxazole rings is 1. The Hall–Kier alpha value is -3.62. The molecule has 0 saturated carbocycles. The molecule has 0 aliphatic heterocycles. The molecule has 0 unspecified atom stereocenters. The van der Waals surface area contributed by atoms with Crippen LogP contribution in [0.2, 0.25) is 0 Å². The lowest BCUT2D eigenvalue weighted by molar-refractivity contribution is -0.384. The van der Waals surface area contributed by atoms with Gasteiger partial charge in [0.2, 0.25) is 0 Å². The first-order valence-corrected chi connectivity index (χ1v) is 7.70. The van der Waals surface area contributed by atoms with E-state index in [0.717, 1.165) is 10.6 Å². The lowest BCUT2D eigenvalue weighted by Crippen LogP contribution is -2.23. The monoisotopic (exact) mass is 358 g/mol. The molecule has 2 aromatic carbocycles. The fraction of sp³-hybridized carbons (Fsp3) is 0.176. The Morgan fingerprint density at radius 2 is 1.96 bits per heavy atom.